The van der Waals surface area contributed by atoms with E-state index in [1.54, 1.807) is 0 Å². The number of nitrogens with one attached hydrogen (secondary N) is 1. The molecule has 2 atom stereocenters. The Kier molecular flexibility index (Phi) is 6.67. The van der Waals surface area contributed by atoms with E-state index in [4.69, 9.17) is 17.3 Å². The number of carbonyl (C=O) groups is 1. The summed E-state index contributed by atoms with van der Waals surface area (Å²) in [5, 5.41) is 3.77. The van der Waals surface area contributed by atoms with Crippen LogP contribution in [0.3, 0.4) is 0 Å². The first-order valence-electron chi connectivity index (χ1n) is 9.20. The second-order valence-corrected chi connectivity index (χ2v) is 7.29. The van der Waals surface area contributed by atoms with Gasteiger partial charge in [0.15, 0.2) is 0 Å². The molecule has 4 nitrogen and oxygen atoms in total. The van der Waals surface area contributed by atoms with Gasteiger partial charge in [-0.15, -0.1) is 0 Å². The number of benzene rings is 2. The molecule has 1 aliphatic heterocycles. The lowest BCUT2D eigenvalue weighted by Gasteiger charge is -2.29. The third-order valence-corrected chi connectivity index (χ3v) is 5.15. The predicted octanol–water partition coefficient (Wildman–Crippen LogP) is 3.16. The van der Waals surface area contributed by atoms with Crippen molar-refractivity contribution in [1.82, 2.24) is 10.2 Å². The van der Waals surface area contributed by atoms with Gasteiger partial charge in [0.25, 0.3) is 0 Å². The maximum absolute atomic E-state index is 12.5. The van der Waals surface area contributed by atoms with Crippen molar-refractivity contribution in [2.24, 2.45) is 5.73 Å². The molecule has 0 radical (unpaired) electrons. The first kappa shape index (κ1) is 18.9. The van der Waals surface area contributed by atoms with Crippen LogP contribution in [-0.4, -0.2) is 36.5 Å². The molecule has 26 heavy (non-hydrogen) atoms. The summed E-state index contributed by atoms with van der Waals surface area (Å²) < 4.78 is 0. The molecule has 5 heteroatoms. The van der Waals surface area contributed by atoms with E-state index < -0.39 is 6.04 Å². The van der Waals surface area contributed by atoms with Crippen LogP contribution in [-0.2, 0) is 11.2 Å². The quantitative estimate of drug-likeness (QED) is 0.786. The smallest absolute Gasteiger partial charge is 0.237 e. The van der Waals surface area contributed by atoms with E-state index >= 15 is 0 Å². The van der Waals surface area contributed by atoms with Crippen LogP contribution < -0.4 is 11.1 Å². The molecular weight excluding hydrogens is 346 g/mol. The molecule has 0 spiro atoms. The minimum absolute atomic E-state index is 0.111. The van der Waals surface area contributed by atoms with Crippen molar-refractivity contribution in [3.05, 3.63) is 70.7 Å². The minimum Gasteiger partial charge on any atom is -0.353 e. The summed E-state index contributed by atoms with van der Waals surface area (Å²) in [5.74, 6) is -0.111. The van der Waals surface area contributed by atoms with Crippen LogP contribution >= 0.6 is 11.6 Å². The van der Waals surface area contributed by atoms with Gasteiger partial charge in [0, 0.05) is 11.6 Å². The van der Waals surface area contributed by atoms with Gasteiger partial charge in [0.05, 0.1) is 12.1 Å². The Balaban J connectivity index is 1.62. The van der Waals surface area contributed by atoms with Gasteiger partial charge < -0.3 is 11.1 Å². The summed E-state index contributed by atoms with van der Waals surface area (Å²) in [6, 6.07) is 17.3. The average molecular weight is 372 g/mol. The van der Waals surface area contributed by atoms with Crippen LogP contribution in [0, 0.1) is 0 Å². The van der Waals surface area contributed by atoms with E-state index in [0.29, 0.717) is 13.0 Å². The molecule has 0 bridgehead atoms. The number of nitrogens with zero attached hydrogens (tertiary/aromatic N) is 1. The predicted molar refractivity (Wildman–Crippen MR) is 106 cm³/mol. The van der Waals surface area contributed by atoms with Crippen LogP contribution in [0.25, 0.3) is 0 Å². The third-order valence-electron chi connectivity index (χ3n) is 4.92. The maximum atomic E-state index is 12.5. The van der Waals surface area contributed by atoms with Gasteiger partial charge in [0.2, 0.25) is 5.91 Å². The largest absolute Gasteiger partial charge is 0.353 e. The summed E-state index contributed by atoms with van der Waals surface area (Å²) in [6.07, 6.45) is 2.93. The molecule has 1 aliphatic rings. The third kappa shape index (κ3) is 5.07. The molecule has 1 amide bonds. The van der Waals surface area contributed by atoms with Crippen molar-refractivity contribution in [1.29, 1.82) is 0 Å². The van der Waals surface area contributed by atoms with Gasteiger partial charge in [-0.05, 0) is 55.6 Å². The Morgan fingerprint density at radius 3 is 2.54 bits per heavy atom. The van der Waals surface area contributed by atoms with Gasteiger partial charge in [-0.1, -0.05) is 54.1 Å². The molecule has 0 aliphatic carbocycles. The number of likely N-dealkylation sites (tertiary alicyclic amines) is 1. The van der Waals surface area contributed by atoms with Crippen molar-refractivity contribution in [3.8, 4) is 0 Å². The SMILES string of the molecule is NC(Cc1ccccc1)C(=O)NCC(c1cccc(Cl)c1)N1CCCC1. The summed E-state index contributed by atoms with van der Waals surface area (Å²) >= 11 is 6.17. The van der Waals surface area contributed by atoms with Gasteiger partial charge in [0.1, 0.15) is 0 Å². The van der Waals surface area contributed by atoms with Gasteiger partial charge >= 0.3 is 0 Å². The maximum Gasteiger partial charge on any atom is 0.237 e. The normalized spacial score (nSPS) is 17.0. The van der Waals surface area contributed by atoms with E-state index in [2.05, 4.69) is 16.3 Å². The Morgan fingerprint density at radius 1 is 1.12 bits per heavy atom. The molecule has 3 rings (SSSR count). The second-order valence-electron chi connectivity index (χ2n) is 6.86. The van der Waals surface area contributed by atoms with E-state index in [0.717, 1.165) is 29.2 Å². The van der Waals surface area contributed by atoms with Crippen LogP contribution in [0.1, 0.15) is 30.0 Å². The fourth-order valence-corrected chi connectivity index (χ4v) is 3.71. The lowest BCUT2D eigenvalue weighted by molar-refractivity contribution is -0.122. The summed E-state index contributed by atoms with van der Waals surface area (Å²) in [7, 11) is 0. The molecule has 1 fully saturated rings. The van der Waals surface area contributed by atoms with Gasteiger partial charge in [-0.2, -0.15) is 0 Å². The second kappa shape index (κ2) is 9.17. The first-order valence-corrected chi connectivity index (χ1v) is 9.58. The first-order chi connectivity index (χ1) is 12.6. The van der Waals surface area contributed by atoms with Crippen LogP contribution in [0.2, 0.25) is 5.02 Å². The molecule has 138 valence electrons. The van der Waals surface area contributed by atoms with Crippen molar-refractivity contribution >= 4 is 17.5 Å². The van der Waals surface area contributed by atoms with Crippen molar-refractivity contribution in [2.45, 2.75) is 31.3 Å². The molecule has 0 aromatic heterocycles. The number of hydrogen-bond donors (Lipinski definition) is 2. The molecule has 2 aromatic rings. The number of amides is 1. The highest BCUT2D eigenvalue weighted by atomic mass is 35.5. The fourth-order valence-electron chi connectivity index (χ4n) is 3.51. The number of carbonyl (C=O) groups excluding carboxylic acids is 1. The molecule has 0 saturated carbocycles. The lowest BCUT2D eigenvalue weighted by Crippen LogP contribution is -2.45. The Hall–Kier alpha value is -1.88. The molecule has 1 heterocycles. The highest BCUT2D eigenvalue weighted by Crippen LogP contribution is 2.26. The van der Waals surface area contributed by atoms with E-state index in [9.17, 15) is 4.79 Å². The topological polar surface area (TPSA) is 58.4 Å². The number of rotatable bonds is 7. The van der Waals surface area contributed by atoms with E-state index in [1.165, 1.54) is 12.8 Å². The number of nitrogens with two attached hydrogens (primary N) is 1. The molecule has 3 N–H and O–H groups in total. The van der Waals surface area contributed by atoms with Crippen molar-refractivity contribution < 1.29 is 4.79 Å². The van der Waals surface area contributed by atoms with E-state index in [-0.39, 0.29) is 11.9 Å². The number of hydrogen-bond acceptors (Lipinski definition) is 3. The molecule has 2 aromatic carbocycles. The fraction of sp³-hybridized carbons (Fsp3) is 0.381. The Morgan fingerprint density at radius 2 is 1.85 bits per heavy atom. The molecular formula is C21H26ClN3O. The Bertz CT molecular complexity index is 716. The summed E-state index contributed by atoms with van der Waals surface area (Å²) in [6.45, 7) is 2.63. The standard InChI is InChI=1S/C21H26ClN3O/c22-18-10-6-9-17(14-18)20(25-11-4-5-12-25)15-24-21(26)19(23)13-16-7-2-1-3-8-16/h1-3,6-10,14,19-20H,4-5,11-13,15,23H2,(H,24,26). The summed E-state index contributed by atoms with van der Waals surface area (Å²) in [5.41, 5.74) is 8.31. The zero-order valence-electron chi connectivity index (χ0n) is 14.9. The highest BCUT2D eigenvalue weighted by Gasteiger charge is 2.25. The van der Waals surface area contributed by atoms with Gasteiger partial charge in [-0.3, -0.25) is 9.69 Å². The average Bonchev–Trinajstić information content (AvgIpc) is 3.17. The van der Waals surface area contributed by atoms with E-state index in [1.807, 2.05) is 48.5 Å². The van der Waals surface area contributed by atoms with Crippen LogP contribution in [0.4, 0.5) is 0 Å². The Labute approximate surface area is 160 Å². The van der Waals surface area contributed by atoms with Crippen LogP contribution in [0.5, 0.6) is 0 Å². The zero-order valence-corrected chi connectivity index (χ0v) is 15.7. The lowest BCUT2D eigenvalue weighted by atomic mass is 10.0. The van der Waals surface area contributed by atoms with Gasteiger partial charge in [-0.25, -0.2) is 0 Å². The van der Waals surface area contributed by atoms with Crippen LogP contribution in [0.15, 0.2) is 54.6 Å². The highest BCUT2D eigenvalue weighted by molar-refractivity contribution is 6.30. The zero-order chi connectivity index (χ0) is 18.4. The minimum atomic E-state index is -0.545. The monoisotopic (exact) mass is 371 g/mol. The van der Waals surface area contributed by atoms with Crippen molar-refractivity contribution in [2.75, 3.05) is 19.6 Å². The van der Waals surface area contributed by atoms with Crippen molar-refractivity contribution in [3.63, 3.8) is 0 Å². The molecule has 2 unspecified atom stereocenters. The molecule has 1 saturated heterocycles. The number of halogens is 1. The summed E-state index contributed by atoms with van der Waals surface area (Å²) in [4.78, 5) is 14.9.